The Morgan fingerprint density at radius 3 is 2.67 bits per heavy atom. The maximum absolute atomic E-state index is 13.0. The summed E-state index contributed by atoms with van der Waals surface area (Å²) in [6, 6.07) is 6.68. The molecule has 0 saturated heterocycles. The monoisotopic (exact) mass is 450 g/mol. The minimum Gasteiger partial charge on any atom is -0.493 e. The molecule has 0 radical (unpaired) electrons. The zero-order chi connectivity index (χ0) is 21.8. The van der Waals surface area contributed by atoms with Crippen molar-refractivity contribution in [3.63, 3.8) is 0 Å². The van der Waals surface area contributed by atoms with E-state index in [0.717, 1.165) is 0 Å². The normalized spacial score (nSPS) is 12.3. The van der Waals surface area contributed by atoms with E-state index in [-0.39, 0.29) is 41.1 Å². The van der Waals surface area contributed by atoms with Gasteiger partial charge >= 0.3 is 0 Å². The summed E-state index contributed by atoms with van der Waals surface area (Å²) in [5.74, 6) is 0.647. The first-order valence-corrected chi connectivity index (χ1v) is 11.2. The van der Waals surface area contributed by atoms with Crippen LogP contribution in [0.15, 0.2) is 34.4 Å². The van der Waals surface area contributed by atoms with Gasteiger partial charge in [0.1, 0.15) is 5.75 Å². The van der Waals surface area contributed by atoms with Gasteiger partial charge in [-0.15, -0.1) is 11.3 Å². The average Bonchev–Trinajstić information content (AvgIpc) is 3.09. The highest BCUT2D eigenvalue weighted by Gasteiger charge is 2.21. The third kappa shape index (κ3) is 4.76. The molecule has 1 atom stereocenters. The summed E-state index contributed by atoms with van der Waals surface area (Å²) in [7, 11) is 0. The Bertz CT molecular complexity index is 1100. The highest BCUT2D eigenvalue weighted by molar-refractivity contribution is 7.94. The van der Waals surface area contributed by atoms with Crippen molar-refractivity contribution in [3.05, 3.63) is 45.7 Å². The van der Waals surface area contributed by atoms with E-state index in [1.165, 1.54) is 16.0 Å². The van der Waals surface area contributed by atoms with Gasteiger partial charge in [0, 0.05) is 40.6 Å². The summed E-state index contributed by atoms with van der Waals surface area (Å²) < 4.78 is 19.1. The Balaban J connectivity index is 1.97. The molecule has 0 spiro atoms. The summed E-state index contributed by atoms with van der Waals surface area (Å²) in [5.41, 5.74) is 6.23. The summed E-state index contributed by atoms with van der Waals surface area (Å²) in [6.07, 6.45) is 0. The fourth-order valence-electron chi connectivity index (χ4n) is 2.82. The van der Waals surface area contributed by atoms with E-state index in [1.54, 1.807) is 29.6 Å². The number of halogens is 1. The molecular weight excluding hydrogens is 427 g/mol. The Morgan fingerprint density at radius 2 is 2.03 bits per heavy atom. The van der Waals surface area contributed by atoms with Crippen molar-refractivity contribution in [3.8, 4) is 11.4 Å². The molecule has 0 saturated carbocycles. The van der Waals surface area contributed by atoms with Crippen LogP contribution in [0.1, 0.15) is 31.3 Å². The summed E-state index contributed by atoms with van der Waals surface area (Å²) >= 11 is 1.49. The van der Waals surface area contributed by atoms with Gasteiger partial charge in [0.15, 0.2) is 5.69 Å². The predicted octanol–water partition coefficient (Wildman–Crippen LogP) is 3.80. The molecule has 7 nitrogen and oxygen atoms in total. The van der Waals surface area contributed by atoms with Gasteiger partial charge in [-0.25, -0.2) is 0 Å². The van der Waals surface area contributed by atoms with Crippen molar-refractivity contribution in [1.82, 2.24) is 15.1 Å². The van der Waals surface area contributed by atoms with Gasteiger partial charge in [0.05, 0.1) is 22.7 Å². The minimum absolute atomic E-state index is 0.0648. The number of aromatic nitrogens is 2. The number of nitrogens with one attached hydrogen (secondary N) is 1. The molecule has 1 amide bonds. The van der Waals surface area contributed by atoms with Crippen LogP contribution in [0.4, 0.5) is 8.89 Å². The number of nitrogen functional groups attached to an aromatic ring is 1. The molecule has 2 aromatic heterocycles. The number of ether oxygens (including phenoxy) is 1. The van der Waals surface area contributed by atoms with E-state index >= 15 is 0 Å². The highest BCUT2D eigenvalue weighted by atomic mass is 32.2. The van der Waals surface area contributed by atoms with Crippen LogP contribution in [0.25, 0.3) is 16.5 Å². The van der Waals surface area contributed by atoms with E-state index in [9.17, 15) is 13.5 Å². The number of nitrogens with zero attached hydrogens (tertiary/aromatic N) is 2. The second kappa shape index (κ2) is 9.48. The van der Waals surface area contributed by atoms with Crippen LogP contribution < -0.4 is 21.3 Å². The van der Waals surface area contributed by atoms with Crippen LogP contribution in [-0.2, 0) is 0 Å². The molecule has 2 heterocycles. The highest BCUT2D eigenvalue weighted by Crippen LogP contribution is 2.27. The largest absolute Gasteiger partial charge is 0.493 e. The Hall–Kier alpha value is -2.59. The fourth-order valence-corrected chi connectivity index (χ4v) is 3.92. The molecule has 0 aliphatic carbocycles. The van der Waals surface area contributed by atoms with Crippen molar-refractivity contribution in [1.29, 1.82) is 0 Å². The fraction of sp³-hybridized carbons (Fsp3) is 0.350. The van der Waals surface area contributed by atoms with Gasteiger partial charge < -0.3 is 15.8 Å². The smallest absolute Gasteiger partial charge is 0.282 e. The van der Waals surface area contributed by atoms with E-state index < -0.39 is 5.56 Å². The van der Waals surface area contributed by atoms with Crippen LogP contribution in [0, 0.1) is 5.92 Å². The van der Waals surface area contributed by atoms with Gasteiger partial charge in [0.2, 0.25) is 0 Å². The number of carbonyl (C=O) groups is 1. The number of fused-ring (bicyclic) bond motifs is 1. The molecule has 10 heteroatoms. The third-order valence-electron chi connectivity index (χ3n) is 4.28. The molecular formula is C20H23FN4O3S2. The number of carbonyl (C=O) groups excluding carboxylic acids is 1. The molecule has 1 aromatic carbocycles. The number of nitrogens with two attached hydrogens (primary N) is 1. The van der Waals surface area contributed by atoms with Crippen molar-refractivity contribution < 1.29 is 13.4 Å². The molecule has 1 unspecified atom stereocenters. The van der Waals surface area contributed by atoms with E-state index in [0.29, 0.717) is 34.2 Å². The van der Waals surface area contributed by atoms with E-state index in [2.05, 4.69) is 10.4 Å². The SMILES string of the molecule is CC(COc1ccc(-n2nc(C(=O)NC(C)C)c3csc(N)c3c2=O)cc1)CSF. The first kappa shape index (κ1) is 22.1. The topological polar surface area (TPSA) is 99.2 Å². The van der Waals surface area contributed by atoms with Crippen LogP contribution in [0.5, 0.6) is 5.75 Å². The number of amides is 1. The number of rotatable bonds is 8. The Morgan fingerprint density at radius 1 is 1.33 bits per heavy atom. The Kier molecular flexibility index (Phi) is 6.99. The van der Waals surface area contributed by atoms with Crippen LogP contribution >= 0.6 is 23.5 Å². The van der Waals surface area contributed by atoms with Gasteiger partial charge in [-0.3, -0.25) is 9.59 Å². The maximum atomic E-state index is 13.0. The molecule has 3 N–H and O–H groups in total. The summed E-state index contributed by atoms with van der Waals surface area (Å²) in [4.78, 5) is 25.7. The molecule has 0 aliphatic rings. The standard InChI is InChI=1S/C20H23FN4O3S2/c1-11(2)23-19(26)17-15-10-29-18(22)16(15)20(27)25(24-17)13-4-6-14(7-5-13)28-8-12(3)9-30-21/h4-7,10-12H,8-9,22H2,1-3H3,(H,23,26). The van der Waals surface area contributed by atoms with Crippen molar-refractivity contribution >= 4 is 45.2 Å². The first-order valence-electron chi connectivity index (χ1n) is 9.39. The summed E-state index contributed by atoms with van der Waals surface area (Å²) in [5, 5.41) is 9.86. The lowest BCUT2D eigenvalue weighted by atomic mass is 10.2. The van der Waals surface area contributed by atoms with Gasteiger partial charge in [-0.1, -0.05) is 6.92 Å². The Labute approximate surface area is 181 Å². The molecule has 3 rings (SSSR count). The zero-order valence-corrected chi connectivity index (χ0v) is 18.5. The number of thiophene rings is 1. The minimum atomic E-state index is -0.396. The first-order chi connectivity index (χ1) is 14.3. The second-order valence-corrected chi connectivity index (χ2v) is 8.73. The predicted molar refractivity (Wildman–Crippen MR) is 120 cm³/mol. The third-order valence-corrected chi connectivity index (χ3v) is 5.79. The second-order valence-electron chi connectivity index (χ2n) is 7.27. The zero-order valence-electron chi connectivity index (χ0n) is 16.8. The van der Waals surface area contributed by atoms with Crippen LogP contribution in [-0.4, -0.2) is 34.1 Å². The van der Waals surface area contributed by atoms with E-state index in [1.807, 2.05) is 20.8 Å². The van der Waals surface area contributed by atoms with Crippen LogP contribution in [0.2, 0.25) is 0 Å². The number of anilines is 1. The lowest BCUT2D eigenvalue weighted by Crippen LogP contribution is -2.33. The number of hydrogen-bond acceptors (Lipinski definition) is 7. The quantitative estimate of drug-likeness (QED) is 0.542. The maximum Gasteiger partial charge on any atom is 0.282 e. The van der Waals surface area contributed by atoms with Gasteiger partial charge in [-0.2, -0.15) is 13.7 Å². The van der Waals surface area contributed by atoms with Crippen LogP contribution in [0.3, 0.4) is 0 Å². The average molecular weight is 451 g/mol. The lowest BCUT2D eigenvalue weighted by molar-refractivity contribution is 0.0938. The molecule has 0 bridgehead atoms. The molecule has 160 valence electrons. The van der Waals surface area contributed by atoms with Crippen molar-refractivity contribution in [2.24, 2.45) is 5.92 Å². The van der Waals surface area contributed by atoms with E-state index in [4.69, 9.17) is 10.5 Å². The molecule has 0 aliphatic heterocycles. The van der Waals surface area contributed by atoms with Crippen molar-refractivity contribution in [2.45, 2.75) is 26.8 Å². The van der Waals surface area contributed by atoms with Gasteiger partial charge in [0.25, 0.3) is 11.5 Å². The van der Waals surface area contributed by atoms with Crippen molar-refractivity contribution in [2.75, 3.05) is 18.1 Å². The number of hydrogen-bond donors (Lipinski definition) is 2. The molecule has 30 heavy (non-hydrogen) atoms. The summed E-state index contributed by atoms with van der Waals surface area (Å²) in [6.45, 7) is 5.97. The van der Waals surface area contributed by atoms with Gasteiger partial charge in [-0.05, 0) is 38.1 Å². The lowest BCUT2D eigenvalue weighted by Gasteiger charge is -2.13. The molecule has 3 aromatic rings. The molecule has 0 fully saturated rings. The number of benzene rings is 1.